The molecule has 1 fully saturated rings. The zero-order valence-electron chi connectivity index (χ0n) is 21.4. The Morgan fingerprint density at radius 2 is 2.00 bits per heavy atom. The predicted molar refractivity (Wildman–Crippen MR) is 148 cm³/mol. The fraction of sp³-hybridized carbons (Fsp3) is 0.357. The number of para-hydroxylation sites is 1. The first kappa shape index (κ1) is 28.6. The molecule has 11 heteroatoms. The van der Waals surface area contributed by atoms with E-state index >= 15 is 0 Å². The molecule has 3 aromatic rings. The van der Waals surface area contributed by atoms with Gasteiger partial charge in [0.25, 0.3) is 5.91 Å². The van der Waals surface area contributed by atoms with Crippen molar-refractivity contribution in [3.63, 3.8) is 0 Å². The summed E-state index contributed by atoms with van der Waals surface area (Å²) in [5, 5.41) is 33.2. The van der Waals surface area contributed by atoms with Crippen LogP contribution in [-0.4, -0.2) is 72.0 Å². The monoisotopic (exact) mass is 568 g/mol. The molecule has 1 aliphatic rings. The number of sulfone groups is 1. The maximum absolute atomic E-state index is 12.7. The van der Waals surface area contributed by atoms with Gasteiger partial charge in [0.15, 0.2) is 9.84 Å². The second-order valence-corrected chi connectivity index (χ2v) is 13.4. The molecule has 39 heavy (non-hydrogen) atoms. The van der Waals surface area contributed by atoms with E-state index in [4.69, 9.17) is 4.74 Å². The van der Waals surface area contributed by atoms with Crippen molar-refractivity contribution in [1.29, 1.82) is 0 Å². The second-order valence-electron chi connectivity index (χ2n) is 9.81. The van der Waals surface area contributed by atoms with Gasteiger partial charge in [-0.25, -0.2) is 13.4 Å². The summed E-state index contributed by atoms with van der Waals surface area (Å²) in [6.07, 6.45) is -0.354. The Hall–Kier alpha value is -3.45. The van der Waals surface area contributed by atoms with Gasteiger partial charge in [0, 0.05) is 24.8 Å². The Kier molecular flexibility index (Phi) is 8.31. The highest BCUT2D eigenvalue weighted by Crippen LogP contribution is 2.34. The van der Waals surface area contributed by atoms with Gasteiger partial charge in [0.1, 0.15) is 22.3 Å². The number of aromatic nitrogens is 1. The van der Waals surface area contributed by atoms with Gasteiger partial charge in [-0.1, -0.05) is 24.0 Å². The molecule has 0 bridgehead atoms. The minimum atomic E-state index is -3.73. The molecular weight excluding hydrogens is 540 g/mol. The van der Waals surface area contributed by atoms with Crippen LogP contribution in [0.4, 0.5) is 0 Å². The molecule has 4 N–H and O–H groups in total. The summed E-state index contributed by atoms with van der Waals surface area (Å²) in [5.41, 5.74) is 0.811. The molecule has 1 aliphatic heterocycles. The van der Waals surface area contributed by atoms with Crippen LogP contribution >= 0.6 is 11.3 Å². The first-order valence-corrected chi connectivity index (χ1v) is 14.7. The molecule has 1 amide bonds. The van der Waals surface area contributed by atoms with Crippen molar-refractivity contribution >= 4 is 37.3 Å². The van der Waals surface area contributed by atoms with E-state index in [-0.39, 0.29) is 30.9 Å². The average molecular weight is 569 g/mol. The van der Waals surface area contributed by atoms with Crippen molar-refractivity contribution in [1.82, 2.24) is 10.3 Å². The van der Waals surface area contributed by atoms with E-state index in [2.05, 4.69) is 34.0 Å². The number of aliphatic hydroxyl groups excluding tert-OH is 2. The largest absolute Gasteiger partial charge is 0.507 e. The van der Waals surface area contributed by atoms with Crippen molar-refractivity contribution in [3.8, 4) is 29.4 Å². The van der Waals surface area contributed by atoms with E-state index in [1.54, 1.807) is 24.3 Å². The first-order valence-electron chi connectivity index (χ1n) is 12.0. The molecule has 0 spiro atoms. The summed E-state index contributed by atoms with van der Waals surface area (Å²) in [6.45, 7) is 1.87. The fourth-order valence-corrected chi connectivity index (χ4v) is 5.65. The van der Waals surface area contributed by atoms with Crippen molar-refractivity contribution in [2.45, 2.75) is 24.2 Å². The van der Waals surface area contributed by atoms with Crippen molar-refractivity contribution in [2.75, 3.05) is 32.6 Å². The number of thiazole rings is 1. The SMILES string of the molecule is C[C@](CNC(=O)c1ccccc1O)(C[C@@H](O)c1nc2ccc(C#CC#CC3(CO)COC3)cc2s1)S(C)(=O)=O. The van der Waals surface area contributed by atoms with Gasteiger partial charge in [-0.05, 0) is 49.1 Å². The zero-order valence-corrected chi connectivity index (χ0v) is 23.0. The number of aliphatic hydroxyl groups is 2. The van der Waals surface area contributed by atoms with Gasteiger partial charge >= 0.3 is 0 Å². The van der Waals surface area contributed by atoms with Crippen LogP contribution < -0.4 is 5.32 Å². The van der Waals surface area contributed by atoms with Crippen LogP contribution in [0.3, 0.4) is 0 Å². The first-order chi connectivity index (χ1) is 18.5. The van der Waals surface area contributed by atoms with Crippen molar-refractivity contribution in [2.24, 2.45) is 5.41 Å². The van der Waals surface area contributed by atoms with Gasteiger partial charge in [0.2, 0.25) is 0 Å². The van der Waals surface area contributed by atoms with E-state index in [1.165, 1.54) is 30.4 Å². The second kappa shape index (κ2) is 11.3. The van der Waals surface area contributed by atoms with Crippen molar-refractivity contribution < 1.29 is 33.3 Å². The molecule has 2 aromatic carbocycles. The molecule has 0 aliphatic carbocycles. The molecule has 0 unspecified atom stereocenters. The fourth-order valence-electron chi connectivity index (χ4n) is 3.86. The van der Waals surface area contributed by atoms with E-state index in [9.17, 15) is 28.5 Å². The lowest BCUT2D eigenvalue weighted by atomic mass is 9.88. The number of hydrogen-bond donors (Lipinski definition) is 4. The zero-order chi connectivity index (χ0) is 28.3. The quantitative estimate of drug-likeness (QED) is 0.302. The highest BCUT2D eigenvalue weighted by molar-refractivity contribution is 7.92. The number of aromatic hydroxyl groups is 1. The number of hydrogen-bond acceptors (Lipinski definition) is 9. The third kappa shape index (κ3) is 6.41. The van der Waals surface area contributed by atoms with E-state index < -0.39 is 32.0 Å². The number of fused-ring (bicyclic) bond motifs is 1. The Bertz CT molecular complexity index is 1620. The number of phenols is 1. The number of carbonyl (C=O) groups is 1. The third-order valence-corrected chi connectivity index (χ3v) is 9.86. The predicted octanol–water partition coefficient (Wildman–Crippen LogP) is 2.02. The molecule has 1 saturated heterocycles. The van der Waals surface area contributed by atoms with Crippen LogP contribution in [0, 0.1) is 29.1 Å². The molecule has 9 nitrogen and oxygen atoms in total. The third-order valence-electron chi connectivity index (χ3n) is 6.64. The maximum atomic E-state index is 12.7. The Morgan fingerprint density at radius 3 is 2.64 bits per heavy atom. The Balaban J connectivity index is 1.48. The Morgan fingerprint density at radius 1 is 1.26 bits per heavy atom. The van der Waals surface area contributed by atoms with Gasteiger partial charge in [-0.15, -0.1) is 11.3 Å². The smallest absolute Gasteiger partial charge is 0.255 e. The van der Waals surface area contributed by atoms with Gasteiger partial charge < -0.3 is 25.4 Å². The number of benzene rings is 2. The summed E-state index contributed by atoms with van der Waals surface area (Å²) in [7, 11) is -3.73. The minimum absolute atomic E-state index is 0.0231. The summed E-state index contributed by atoms with van der Waals surface area (Å²) in [5.74, 6) is 10.6. The van der Waals surface area contributed by atoms with Crippen LogP contribution in [0.5, 0.6) is 5.75 Å². The molecular formula is C28H28N2O7S2. The van der Waals surface area contributed by atoms with Crippen LogP contribution in [0.1, 0.15) is 40.4 Å². The van der Waals surface area contributed by atoms with Gasteiger partial charge in [-0.2, -0.15) is 0 Å². The summed E-state index contributed by atoms with van der Waals surface area (Å²) in [6, 6.07) is 11.3. The summed E-state index contributed by atoms with van der Waals surface area (Å²) < 4.78 is 29.8. The number of amides is 1. The molecule has 1 aromatic heterocycles. The molecule has 2 heterocycles. The maximum Gasteiger partial charge on any atom is 0.255 e. The minimum Gasteiger partial charge on any atom is -0.507 e. The highest BCUT2D eigenvalue weighted by atomic mass is 32.2. The standard InChI is InChI=1S/C28H28N2O7S2/c1-27(39(2,35)36,15-29-25(34)20-8-3-4-9-22(20)32)14-23(33)26-30-21-11-10-19(13-24(21)38-26)7-5-6-12-28(16-31)17-37-18-28/h3-4,8-11,13,23,31-33H,14-18H2,1-2H3,(H,29,34)/t23-,27-/m1/s1. The van der Waals surface area contributed by atoms with Crippen molar-refractivity contribution in [3.05, 3.63) is 58.6 Å². The lowest BCUT2D eigenvalue weighted by molar-refractivity contribution is -0.0998. The number of nitrogens with zero attached hydrogens (tertiary/aromatic N) is 1. The number of phenolic OH excluding ortho intramolecular Hbond substituents is 1. The topological polar surface area (TPSA) is 146 Å². The molecule has 0 saturated carbocycles. The van der Waals surface area contributed by atoms with Crippen LogP contribution in [0.2, 0.25) is 0 Å². The molecule has 204 valence electrons. The molecule has 0 radical (unpaired) electrons. The van der Waals surface area contributed by atoms with Gasteiger partial charge in [0.05, 0.1) is 40.3 Å². The van der Waals surface area contributed by atoms with E-state index in [1.807, 2.05) is 6.07 Å². The highest BCUT2D eigenvalue weighted by Gasteiger charge is 2.39. The summed E-state index contributed by atoms with van der Waals surface area (Å²) in [4.78, 5) is 17.0. The number of ether oxygens (including phenoxy) is 1. The van der Waals surface area contributed by atoms with E-state index in [0.717, 1.165) is 11.0 Å². The number of carbonyl (C=O) groups excluding carboxylic acids is 1. The Labute approximate surface area is 230 Å². The molecule has 2 atom stereocenters. The number of nitrogens with one attached hydrogen (secondary N) is 1. The lowest BCUT2D eigenvalue weighted by Gasteiger charge is -2.34. The number of rotatable bonds is 8. The molecule has 4 rings (SSSR count). The van der Waals surface area contributed by atoms with Gasteiger partial charge in [-0.3, -0.25) is 4.79 Å². The van der Waals surface area contributed by atoms with Crippen LogP contribution in [0.15, 0.2) is 42.5 Å². The normalized spacial score (nSPS) is 16.5. The van der Waals surface area contributed by atoms with E-state index in [0.29, 0.717) is 29.3 Å². The lowest BCUT2D eigenvalue weighted by Crippen LogP contribution is -2.47. The van der Waals surface area contributed by atoms with Crippen LogP contribution in [-0.2, 0) is 14.6 Å². The summed E-state index contributed by atoms with van der Waals surface area (Å²) >= 11 is 1.22. The average Bonchev–Trinajstić information content (AvgIpc) is 3.30. The van der Waals surface area contributed by atoms with Crippen LogP contribution in [0.25, 0.3) is 10.2 Å².